The van der Waals surface area contributed by atoms with Gasteiger partial charge in [-0.3, -0.25) is 4.79 Å². The highest BCUT2D eigenvalue weighted by atomic mass is 32.2. The summed E-state index contributed by atoms with van der Waals surface area (Å²) in [5, 5.41) is 8.43. The zero-order valence-electron chi connectivity index (χ0n) is 7.77. The van der Waals surface area contributed by atoms with Crippen LogP contribution in [0, 0.1) is 0 Å². The number of rotatable bonds is 5. The Kier molecular flexibility index (Phi) is 4.25. The van der Waals surface area contributed by atoms with E-state index in [1.54, 1.807) is 13.2 Å². The van der Waals surface area contributed by atoms with E-state index < -0.39 is 5.97 Å². The SMILES string of the molecule is COc1cccc(CSCC(=O)O)n1. The molecule has 0 aliphatic heterocycles. The quantitative estimate of drug-likeness (QED) is 0.801. The van der Waals surface area contributed by atoms with Crippen molar-refractivity contribution in [2.75, 3.05) is 12.9 Å². The smallest absolute Gasteiger partial charge is 0.313 e. The summed E-state index contributed by atoms with van der Waals surface area (Å²) in [4.78, 5) is 14.4. The Morgan fingerprint density at radius 3 is 3.07 bits per heavy atom. The fourth-order valence-electron chi connectivity index (χ4n) is 0.895. The predicted molar refractivity (Wildman–Crippen MR) is 54.6 cm³/mol. The minimum Gasteiger partial charge on any atom is -0.481 e. The minimum atomic E-state index is -0.808. The van der Waals surface area contributed by atoms with Crippen molar-refractivity contribution in [3.05, 3.63) is 23.9 Å². The molecule has 0 fully saturated rings. The molecule has 0 atom stereocenters. The second kappa shape index (κ2) is 5.49. The second-order valence-corrected chi connectivity index (χ2v) is 3.54. The molecular formula is C9H11NO3S. The Morgan fingerprint density at radius 1 is 1.64 bits per heavy atom. The zero-order chi connectivity index (χ0) is 10.4. The molecule has 1 aromatic rings. The highest BCUT2D eigenvalue weighted by Gasteiger charge is 2.00. The Morgan fingerprint density at radius 2 is 2.43 bits per heavy atom. The molecule has 76 valence electrons. The maximum Gasteiger partial charge on any atom is 0.313 e. The molecule has 4 nitrogen and oxygen atoms in total. The molecule has 1 aromatic heterocycles. The Labute approximate surface area is 86.3 Å². The van der Waals surface area contributed by atoms with Gasteiger partial charge in [-0.15, -0.1) is 11.8 Å². The topological polar surface area (TPSA) is 59.4 Å². The van der Waals surface area contributed by atoms with E-state index in [0.717, 1.165) is 5.69 Å². The first-order chi connectivity index (χ1) is 6.72. The number of carboxylic acid groups (broad SMARTS) is 1. The number of pyridine rings is 1. The lowest BCUT2D eigenvalue weighted by molar-refractivity contribution is -0.133. The molecule has 5 heteroatoms. The van der Waals surface area contributed by atoms with Gasteiger partial charge in [-0.05, 0) is 6.07 Å². The van der Waals surface area contributed by atoms with Crippen molar-refractivity contribution in [1.29, 1.82) is 0 Å². The summed E-state index contributed by atoms with van der Waals surface area (Å²) in [6, 6.07) is 5.44. The van der Waals surface area contributed by atoms with Gasteiger partial charge in [-0.1, -0.05) is 6.07 Å². The van der Waals surface area contributed by atoms with Gasteiger partial charge in [0.1, 0.15) is 0 Å². The lowest BCUT2D eigenvalue weighted by Gasteiger charge is -2.01. The van der Waals surface area contributed by atoms with Crippen molar-refractivity contribution in [3.63, 3.8) is 0 Å². The van der Waals surface area contributed by atoms with Crippen LogP contribution in [-0.4, -0.2) is 28.9 Å². The fraction of sp³-hybridized carbons (Fsp3) is 0.333. The number of aromatic nitrogens is 1. The molecule has 14 heavy (non-hydrogen) atoms. The number of methoxy groups -OCH3 is 1. The number of carbonyl (C=O) groups is 1. The van der Waals surface area contributed by atoms with Crippen LogP contribution in [0.2, 0.25) is 0 Å². The molecule has 1 heterocycles. The largest absolute Gasteiger partial charge is 0.481 e. The highest BCUT2D eigenvalue weighted by Crippen LogP contribution is 2.13. The molecule has 0 aromatic carbocycles. The van der Waals surface area contributed by atoms with Gasteiger partial charge in [0.25, 0.3) is 0 Å². The van der Waals surface area contributed by atoms with Gasteiger partial charge in [0.15, 0.2) is 0 Å². The first kappa shape index (κ1) is 10.8. The van der Waals surface area contributed by atoms with Crippen LogP contribution in [0.3, 0.4) is 0 Å². The van der Waals surface area contributed by atoms with Crippen LogP contribution in [0.15, 0.2) is 18.2 Å². The molecule has 0 saturated heterocycles. The summed E-state index contributed by atoms with van der Waals surface area (Å²) < 4.78 is 4.95. The monoisotopic (exact) mass is 213 g/mol. The number of hydrogen-bond donors (Lipinski definition) is 1. The number of nitrogens with zero attached hydrogens (tertiary/aromatic N) is 1. The van der Waals surface area contributed by atoms with Gasteiger partial charge in [-0.2, -0.15) is 0 Å². The molecular weight excluding hydrogens is 202 g/mol. The average molecular weight is 213 g/mol. The molecule has 0 aliphatic carbocycles. The maximum absolute atomic E-state index is 10.2. The zero-order valence-corrected chi connectivity index (χ0v) is 8.58. The van der Waals surface area contributed by atoms with Crippen molar-refractivity contribution < 1.29 is 14.6 Å². The molecule has 1 N–H and O–H groups in total. The van der Waals surface area contributed by atoms with Crippen molar-refractivity contribution in [2.45, 2.75) is 5.75 Å². The van der Waals surface area contributed by atoms with Gasteiger partial charge in [0.2, 0.25) is 5.88 Å². The minimum absolute atomic E-state index is 0.0961. The van der Waals surface area contributed by atoms with Crippen LogP contribution < -0.4 is 4.74 Å². The van der Waals surface area contributed by atoms with E-state index in [1.807, 2.05) is 12.1 Å². The van der Waals surface area contributed by atoms with E-state index >= 15 is 0 Å². The highest BCUT2D eigenvalue weighted by molar-refractivity contribution is 7.99. The lowest BCUT2D eigenvalue weighted by Crippen LogP contribution is -1.99. The van der Waals surface area contributed by atoms with Crippen molar-refractivity contribution in [2.24, 2.45) is 0 Å². The maximum atomic E-state index is 10.2. The van der Waals surface area contributed by atoms with Crippen LogP contribution in [0.5, 0.6) is 5.88 Å². The van der Waals surface area contributed by atoms with E-state index in [-0.39, 0.29) is 5.75 Å². The Hall–Kier alpha value is -1.23. The van der Waals surface area contributed by atoms with Crippen LogP contribution in [0.4, 0.5) is 0 Å². The summed E-state index contributed by atoms with van der Waals surface area (Å²) >= 11 is 1.32. The van der Waals surface area contributed by atoms with Crippen molar-refractivity contribution in [1.82, 2.24) is 4.98 Å². The predicted octanol–water partition coefficient (Wildman–Crippen LogP) is 1.41. The van der Waals surface area contributed by atoms with Gasteiger partial charge in [0, 0.05) is 11.8 Å². The Bertz CT molecular complexity index is 317. The van der Waals surface area contributed by atoms with E-state index in [1.165, 1.54) is 11.8 Å². The van der Waals surface area contributed by atoms with Crippen molar-refractivity contribution in [3.8, 4) is 5.88 Å². The standard InChI is InChI=1S/C9H11NO3S/c1-13-8-4-2-3-7(10-8)5-14-6-9(11)12/h2-4H,5-6H2,1H3,(H,11,12). The van der Waals surface area contributed by atoms with Crippen LogP contribution in [0.25, 0.3) is 0 Å². The summed E-state index contributed by atoms with van der Waals surface area (Å²) in [5.74, 6) is 0.430. The number of carboxylic acids is 1. The first-order valence-electron chi connectivity index (χ1n) is 4.02. The number of hydrogen-bond acceptors (Lipinski definition) is 4. The molecule has 0 radical (unpaired) electrons. The van der Waals surface area contributed by atoms with E-state index in [0.29, 0.717) is 11.6 Å². The second-order valence-electron chi connectivity index (χ2n) is 2.56. The van der Waals surface area contributed by atoms with Gasteiger partial charge >= 0.3 is 5.97 Å². The normalized spacial score (nSPS) is 9.79. The van der Waals surface area contributed by atoms with Crippen molar-refractivity contribution >= 4 is 17.7 Å². The summed E-state index contributed by atoms with van der Waals surface area (Å²) in [6.07, 6.45) is 0. The van der Waals surface area contributed by atoms with E-state index in [2.05, 4.69) is 4.98 Å². The molecule has 0 amide bonds. The molecule has 1 rings (SSSR count). The third kappa shape index (κ3) is 3.66. The number of aliphatic carboxylic acids is 1. The number of thioether (sulfide) groups is 1. The average Bonchev–Trinajstić information content (AvgIpc) is 2.18. The number of ether oxygens (including phenoxy) is 1. The summed E-state index contributed by atoms with van der Waals surface area (Å²) in [7, 11) is 1.55. The third-order valence-corrected chi connectivity index (χ3v) is 2.42. The van der Waals surface area contributed by atoms with Gasteiger partial charge in [-0.25, -0.2) is 4.98 Å². The summed E-state index contributed by atoms with van der Waals surface area (Å²) in [5.41, 5.74) is 0.829. The van der Waals surface area contributed by atoms with Crippen LogP contribution in [-0.2, 0) is 10.5 Å². The van der Waals surface area contributed by atoms with Crippen LogP contribution in [0.1, 0.15) is 5.69 Å². The van der Waals surface area contributed by atoms with Crippen LogP contribution >= 0.6 is 11.8 Å². The first-order valence-corrected chi connectivity index (χ1v) is 5.17. The summed E-state index contributed by atoms with van der Waals surface area (Å²) in [6.45, 7) is 0. The molecule has 0 unspecified atom stereocenters. The Balaban J connectivity index is 2.46. The third-order valence-electron chi connectivity index (χ3n) is 1.47. The van der Waals surface area contributed by atoms with E-state index in [9.17, 15) is 4.79 Å². The van der Waals surface area contributed by atoms with E-state index in [4.69, 9.17) is 9.84 Å². The molecule has 0 saturated carbocycles. The van der Waals surface area contributed by atoms with Gasteiger partial charge < -0.3 is 9.84 Å². The molecule has 0 spiro atoms. The molecule has 0 aliphatic rings. The molecule has 0 bridgehead atoms. The lowest BCUT2D eigenvalue weighted by atomic mass is 10.4. The van der Waals surface area contributed by atoms with Gasteiger partial charge in [0.05, 0.1) is 18.6 Å². The fourth-order valence-corrected chi connectivity index (χ4v) is 1.54.